The summed E-state index contributed by atoms with van der Waals surface area (Å²) < 4.78 is 301. The van der Waals surface area contributed by atoms with Crippen LogP contribution in [0.25, 0.3) is 0 Å². The summed E-state index contributed by atoms with van der Waals surface area (Å²) in [6.45, 7) is 3.39. The third-order valence-electron chi connectivity index (χ3n) is 10.8. The van der Waals surface area contributed by atoms with E-state index in [1.165, 1.54) is 31.2 Å². The summed E-state index contributed by atoms with van der Waals surface area (Å²) in [7, 11) is 0. The number of halogens is 20. The molecule has 0 bridgehead atoms. The number of hydrogen-bond acceptors (Lipinski definition) is 2. The summed E-state index contributed by atoms with van der Waals surface area (Å²) in [6, 6.07) is 15.8. The molecule has 1 aromatic heterocycles. The molecule has 6 aromatic rings. The van der Waals surface area contributed by atoms with Crippen molar-refractivity contribution in [2.24, 2.45) is 0 Å². The molecule has 1 heterocycles. The number of carbonyl (C=O) groups excluding carboxylic acids is 1. The number of hydrogen-bond donors (Lipinski definition) is 0. The predicted octanol–water partition coefficient (Wildman–Crippen LogP) is 10.4. The van der Waals surface area contributed by atoms with Gasteiger partial charge in [0.1, 0.15) is 52.7 Å². The normalized spacial score (nSPS) is 11.5. The summed E-state index contributed by atoms with van der Waals surface area (Å²) in [5.74, 6) is -71.6. The van der Waals surface area contributed by atoms with E-state index in [-0.39, 0.29) is 5.97 Å². The standard InChI is InChI=1S/C24BF20.C21H28NO2/c26-5-1(6(27)14(35)21(42)13(5)34)25(2-7(28)15(36)22(43)16(37)8(2)29,3-9(30)17(38)23(44)18(39)10(3)31)4-11(32)19(40)24(45)20(41)12(4)33;1-2-3-4-5-6-12-17-24-21(23)20-15-10-11-16-22(20)18-19-13-8-7-9-14-19/h;7-11,13-16H,2-6,12,17-18H2,1H3/q-1;+1. The second kappa shape index (κ2) is 21.8. The number of esters is 1. The van der Waals surface area contributed by atoms with Crippen LogP contribution in [0.15, 0.2) is 54.7 Å². The smallest absolute Gasteiger partial charge is 0.403 e. The fraction of sp³-hybridized carbons (Fsp3) is 0.200. The van der Waals surface area contributed by atoms with Crippen molar-refractivity contribution in [3.05, 3.63) is 182 Å². The summed E-state index contributed by atoms with van der Waals surface area (Å²) in [6.07, 6.45) is 1.84. The van der Waals surface area contributed by atoms with Crippen LogP contribution in [0.1, 0.15) is 61.5 Å². The van der Waals surface area contributed by atoms with Crippen LogP contribution in [0.3, 0.4) is 0 Å². The zero-order chi connectivity index (χ0) is 51.4. The third-order valence-corrected chi connectivity index (χ3v) is 10.8. The number of nitrogens with zero attached hydrogens (tertiary/aromatic N) is 1. The van der Waals surface area contributed by atoms with Crippen LogP contribution in [0, 0.1) is 116 Å². The summed E-state index contributed by atoms with van der Waals surface area (Å²) >= 11 is 0. The van der Waals surface area contributed by atoms with Crippen LogP contribution >= 0.6 is 0 Å². The Morgan fingerprint density at radius 2 is 0.710 bits per heavy atom. The molecular formula is C45H28BF20NO2. The van der Waals surface area contributed by atoms with E-state index >= 15 is 35.1 Å². The van der Waals surface area contributed by atoms with Gasteiger partial charge in [0.2, 0.25) is 0 Å². The topological polar surface area (TPSA) is 30.2 Å². The van der Waals surface area contributed by atoms with E-state index in [0.29, 0.717) is 18.8 Å². The van der Waals surface area contributed by atoms with Crippen LogP contribution in [0.2, 0.25) is 0 Å². The largest absolute Gasteiger partial charge is 0.458 e. The molecule has 0 radical (unpaired) electrons. The molecule has 3 nitrogen and oxygen atoms in total. The molecule has 0 saturated carbocycles. The van der Waals surface area contributed by atoms with E-state index in [2.05, 4.69) is 19.1 Å². The summed E-state index contributed by atoms with van der Waals surface area (Å²) in [4.78, 5) is 12.3. The van der Waals surface area contributed by atoms with E-state index in [1.807, 2.05) is 47.2 Å². The molecule has 5 aromatic carbocycles. The molecule has 0 aliphatic rings. The highest BCUT2D eigenvalue weighted by molar-refractivity contribution is 7.20. The maximum Gasteiger partial charge on any atom is 0.403 e. The van der Waals surface area contributed by atoms with E-state index in [1.54, 1.807) is 0 Å². The Morgan fingerprint density at radius 3 is 1.06 bits per heavy atom. The van der Waals surface area contributed by atoms with E-state index in [9.17, 15) is 57.5 Å². The first kappa shape index (κ1) is 53.3. The van der Waals surface area contributed by atoms with Crippen molar-refractivity contribution in [3.8, 4) is 0 Å². The molecule has 0 unspecified atom stereocenters. The number of rotatable bonds is 14. The molecule has 0 aliphatic heterocycles. The Kier molecular flexibility index (Phi) is 16.8. The third kappa shape index (κ3) is 9.70. The number of aromatic nitrogens is 1. The molecular weight excluding hydrogens is 977 g/mol. The average molecular weight is 1010 g/mol. The molecule has 0 spiro atoms. The first-order valence-electron chi connectivity index (χ1n) is 19.9. The van der Waals surface area contributed by atoms with Crippen molar-refractivity contribution in [3.63, 3.8) is 0 Å². The number of carbonyl (C=O) groups is 1. The molecule has 69 heavy (non-hydrogen) atoms. The van der Waals surface area contributed by atoms with Crippen molar-refractivity contribution >= 4 is 34.0 Å². The van der Waals surface area contributed by atoms with E-state index in [0.717, 1.165) is 12.8 Å². The van der Waals surface area contributed by atoms with Gasteiger partial charge in [0.15, 0.2) is 82.5 Å². The highest BCUT2D eigenvalue weighted by Gasteiger charge is 2.52. The molecule has 0 fully saturated rings. The molecule has 0 aliphatic carbocycles. The van der Waals surface area contributed by atoms with Crippen molar-refractivity contribution in [1.29, 1.82) is 0 Å². The van der Waals surface area contributed by atoms with Gasteiger partial charge in [-0.05, 0) is 12.5 Å². The molecule has 0 atom stereocenters. The number of benzene rings is 5. The van der Waals surface area contributed by atoms with E-state index in [4.69, 9.17) is 4.74 Å². The van der Waals surface area contributed by atoms with Gasteiger partial charge >= 0.3 is 5.97 Å². The van der Waals surface area contributed by atoms with E-state index < -0.39 is 144 Å². The lowest BCUT2D eigenvalue weighted by molar-refractivity contribution is -0.690. The second-order valence-corrected chi connectivity index (χ2v) is 14.9. The predicted molar refractivity (Wildman–Crippen MR) is 205 cm³/mol. The van der Waals surface area contributed by atoms with Crippen LogP contribution in [-0.2, 0) is 11.3 Å². The lowest BCUT2D eigenvalue weighted by atomic mass is 9.12. The van der Waals surface area contributed by atoms with Crippen LogP contribution in [0.4, 0.5) is 87.8 Å². The lowest BCUT2D eigenvalue weighted by Crippen LogP contribution is -2.81. The Bertz CT molecular complexity index is 2540. The highest BCUT2D eigenvalue weighted by atomic mass is 19.2. The summed E-state index contributed by atoms with van der Waals surface area (Å²) in [5, 5.41) is 0. The zero-order valence-electron chi connectivity index (χ0n) is 34.8. The van der Waals surface area contributed by atoms with Gasteiger partial charge in [0.25, 0.3) is 5.69 Å². The Labute approximate surface area is 376 Å². The first-order valence-corrected chi connectivity index (χ1v) is 19.9. The van der Waals surface area contributed by atoms with Crippen molar-refractivity contribution in [2.75, 3.05) is 6.61 Å². The number of unbranched alkanes of at least 4 members (excludes halogenated alkanes) is 5. The van der Waals surface area contributed by atoms with Gasteiger partial charge in [-0.3, -0.25) is 0 Å². The minimum atomic E-state index is -7.22. The van der Waals surface area contributed by atoms with Gasteiger partial charge in [-0.2, -0.15) is 4.57 Å². The Hall–Kier alpha value is -6.62. The fourth-order valence-corrected chi connectivity index (χ4v) is 7.58. The molecule has 0 saturated heterocycles. The van der Waals surface area contributed by atoms with Gasteiger partial charge in [-0.15, -0.1) is 21.9 Å². The monoisotopic (exact) mass is 1010 g/mol. The number of ether oxygens (including phenoxy) is 1. The minimum Gasteiger partial charge on any atom is -0.458 e. The maximum absolute atomic E-state index is 15.4. The van der Waals surface area contributed by atoms with Crippen LogP contribution in [-0.4, -0.2) is 18.7 Å². The zero-order valence-corrected chi connectivity index (χ0v) is 34.8. The Balaban J connectivity index is 0.000000311. The van der Waals surface area contributed by atoms with Crippen LogP contribution in [0.5, 0.6) is 0 Å². The SMILES string of the molecule is CCCCCCCCOC(=O)c1cccc[n+]1Cc1ccccc1.Fc1c(F)c(F)c([B-](c2c(F)c(F)c(F)c(F)c2F)(c2c(F)c(F)c(F)c(F)c2F)c2c(F)c(F)c(F)c(F)c2F)c(F)c1F. The van der Waals surface area contributed by atoms with Gasteiger partial charge in [-0.25, -0.2) is 92.6 Å². The minimum absolute atomic E-state index is 0.236. The van der Waals surface area contributed by atoms with Gasteiger partial charge < -0.3 is 4.74 Å². The molecule has 0 N–H and O–H groups in total. The molecule has 6 rings (SSSR count). The van der Waals surface area contributed by atoms with Gasteiger partial charge in [0, 0.05) is 17.7 Å². The number of pyridine rings is 1. The lowest BCUT2D eigenvalue weighted by Gasteiger charge is -2.44. The quantitative estimate of drug-likeness (QED) is 0.0207. The second-order valence-electron chi connectivity index (χ2n) is 14.9. The maximum atomic E-state index is 15.4. The van der Waals surface area contributed by atoms with Crippen molar-refractivity contribution in [2.45, 2.75) is 52.0 Å². The Morgan fingerprint density at radius 1 is 0.406 bits per heavy atom. The highest BCUT2D eigenvalue weighted by Crippen LogP contribution is 2.31. The van der Waals surface area contributed by atoms with Crippen molar-refractivity contribution < 1.29 is 102 Å². The fourth-order valence-electron chi connectivity index (χ4n) is 7.58. The first-order chi connectivity index (χ1) is 32.5. The van der Waals surface area contributed by atoms with Crippen molar-refractivity contribution in [1.82, 2.24) is 0 Å². The van der Waals surface area contributed by atoms with Gasteiger partial charge in [0.05, 0.1) is 6.61 Å². The van der Waals surface area contributed by atoms with Gasteiger partial charge in [-0.1, -0.05) is 69.4 Å². The average Bonchev–Trinajstić information content (AvgIpc) is 3.34. The summed E-state index contributed by atoms with van der Waals surface area (Å²) in [5.41, 5.74) is -12.6. The molecule has 0 amide bonds. The molecule has 368 valence electrons. The molecule has 24 heteroatoms. The van der Waals surface area contributed by atoms with Crippen LogP contribution < -0.4 is 26.4 Å².